The van der Waals surface area contributed by atoms with Gasteiger partial charge in [-0.1, -0.05) is 0 Å². The third kappa shape index (κ3) is 8.99. The Balaban J connectivity index is 0. The van der Waals surface area contributed by atoms with Crippen molar-refractivity contribution in [1.82, 2.24) is 0 Å². The van der Waals surface area contributed by atoms with Gasteiger partial charge >= 0.3 is 23.1 Å². The van der Waals surface area contributed by atoms with E-state index >= 15 is 0 Å². The maximum Gasteiger partial charge on any atom is 0.316 e. The average Bonchev–Trinajstić information content (AvgIpc) is 0. The summed E-state index contributed by atoms with van der Waals surface area (Å²) in [4.78, 5) is 0. The molecule has 0 aliphatic carbocycles. The predicted molar refractivity (Wildman–Crippen MR) is 36.4 cm³/mol. The third-order valence-electron chi connectivity index (χ3n) is 0. The number of rotatable bonds is 0. The van der Waals surface area contributed by atoms with Crippen LogP contribution in [0.3, 0.4) is 0 Å². The molecule has 0 N–H and O–H groups in total. The quantitative estimate of drug-likeness (QED) is 0.531. The van der Waals surface area contributed by atoms with Gasteiger partial charge in [0.25, 0.3) is 0 Å². The molecule has 0 unspecified atom stereocenters. The summed E-state index contributed by atoms with van der Waals surface area (Å²) in [5.74, 6) is 0. The zero-order valence-corrected chi connectivity index (χ0v) is 5.47. The largest absolute Gasteiger partial charge is 0.316 e. The highest BCUT2D eigenvalue weighted by atomic mass is 79.9. The molecule has 0 heterocycles. The molecule has 0 saturated carbocycles. The smallest absolute Gasteiger partial charge is 0.147 e. The number of halogens is 3. The third-order valence-corrected chi connectivity index (χ3v) is 0. The van der Waals surface area contributed by atoms with Crippen LogP contribution in [0, 0.1) is 0 Å². The lowest BCUT2D eigenvalue weighted by Gasteiger charge is -0.147. The van der Waals surface area contributed by atoms with E-state index in [4.69, 9.17) is 0 Å². The van der Waals surface area contributed by atoms with Crippen molar-refractivity contribution in [3.05, 3.63) is 0 Å². The molecule has 0 aromatic rings. The Labute approximate surface area is 68.8 Å². The predicted octanol–water partition coefficient (Wildman–Crippen LogP) is 0.661. The molecule has 0 amide bonds. The van der Waals surface area contributed by atoms with Gasteiger partial charge in [0.1, 0.15) is 0 Å². The molecule has 28 valence electrons. The lowest BCUT2D eigenvalue weighted by atomic mass is 24.3. The van der Waals surface area contributed by atoms with Crippen LogP contribution in [0.4, 0.5) is 0 Å². The lowest BCUT2D eigenvalue weighted by Crippen LogP contribution is -0.381. The Bertz CT molecular complexity index is 6.00. The van der Waals surface area contributed by atoms with Crippen LogP contribution >= 0.6 is 46.4 Å². The van der Waals surface area contributed by atoms with E-state index in [0.29, 0.717) is 0 Å². The maximum atomic E-state index is 0. The van der Waals surface area contributed by atoms with E-state index in [-0.39, 0.29) is 69.4 Å². The van der Waals surface area contributed by atoms with Crippen LogP contribution in [0.5, 0.6) is 0 Å². The van der Waals surface area contributed by atoms with Crippen molar-refractivity contribution in [3.8, 4) is 0 Å². The highest BCUT2D eigenvalue weighted by Gasteiger charge is 0.316. The SMILES string of the molecule is Br.Br.Cl.[MgH2]. The molecule has 0 aliphatic heterocycles. The van der Waals surface area contributed by atoms with Crippen LogP contribution in [0.25, 0.3) is 0 Å². The second-order valence-corrected chi connectivity index (χ2v) is 0. The van der Waals surface area contributed by atoms with Crippen molar-refractivity contribution < 1.29 is 0 Å². The van der Waals surface area contributed by atoms with Crippen molar-refractivity contribution in [3.63, 3.8) is 0 Å². The van der Waals surface area contributed by atoms with Crippen molar-refractivity contribution in [2.24, 2.45) is 0 Å². The molecule has 0 spiro atoms. The van der Waals surface area contributed by atoms with Gasteiger partial charge < -0.3 is 0 Å². The molecular weight excluding hydrogens is 220 g/mol. The standard InChI is InChI=1S/2BrH.ClH.Mg.2H/h3*1H;;;. The van der Waals surface area contributed by atoms with E-state index in [1.54, 1.807) is 0 Å². The topological polar surface area (TPSA) is 0 Å². The molecule has 0 atom stereocenters. The molecule has 0 saturated heterocycles. The zero-order chi connectivity index (χ0) is 0. The zero-order valence-electron chi connectivity index (χ0n) is 1.22. The molecule has 0 aromatic heterocycles. The lowest BCUT2D eigenvalue weighted by molar-refractivity contribution is 5.75. The first-order valence-electron chi connectivity index (χ1n) is 0. The van der Waals surface area contributed by atoms with E-state index in [1.165, 1.54) is 0 Å². The second kappa shape index (κ2) is 19.9. The van der Waals surface area contributed by atoms with Crippen LogP contribution in [-0.2, 0) is 0 Å². The maximum absolute atomic E-state index is 0. The first-order valence-corrected chi connectivity index (χ1v) is 0. The molecule has 0 radical (unpaired) electrons. The van der Waals surface area contributed by atoms with Gasteiger partial charge in [-0.15, -0.1) is 46.4 Å². The summed E-state index contributed by atoms with van der Waals surface area (Å²) in [5, 5.41) is 0. The van der Waals surface area contributed by atoms with Gasteiger partial charge in [0.15, 0.2) is 0 Å². The molecule has 4 heavy (non-hydrogen) atoms. The van der Waals surface area contributed by atoms with Gasteiger partial charge in [-0.05, 0) is 0 Å². The number of hydrogen-bond donors (Lipinski definition) is 0. The first-order chi connectivity index (χ1) is 0. The van der Waals surface area contributed by atoms with Crippen LogP contribution in [0.15, 0.2) is 0 Å². The van der Waals surface area contributed by atoms with E-state index in [0.717, 1.165) is 0 Å². The van der Waals surface area contributed by atoms with Crippen LogP contribution < -0.4 is 0 Å². The Hall–Kier alpha value is 2.02. The molecule has 4 heteroatoms. The van der Waals surface area contributed by atoms with Crippen LogP contribution in [-0.4, -0.2) is 23.1 Å². The molecule has 0 fully saturated rings. The van der Waals surface area contributed by atoms with E-state index in [2.05, 4.69) is 0 Å². The molecule has 0 aliphatic rings. The number of hydrogen-bond acceptors (Lipinski definition) is 0. The Morgan fingerprint density at radius 1 is 0.750 bits per heavy atom. The average molecular weight is 225 g/mol. The molecule has 0 aromatic carbocycles. The van der Waals surface area contributed by atoms with Gasteiger partial charge in [-0.25, -0.2) is 0 Å². The summed E-state index contributed by atoms with van der Waals surface area (Å²) in [6, 6.07) is 0. The minimum Gasteiger partial charge on any atom is -0.147 e. The first kappa shape index (κ1) is 37.2. The fraction of sp³-hybridized carbons (Fsp3) is 0. The summed E-state index contributed by atoms with van der Waals surface area (Å²) < 4.78 is 0. The van der Waals surface area contributed by atoms with Gasteiger partial charge in [0.2, 0.25) is 0 Å². The van der Waals surface area contributed by atoms with Gasteiger partial charge in [-0.2, -0.15) is 0 Å². The van der Waals surface area contributed by atoms with Crippen molar-refractivity contribution in [1.29, 1.82) is 0 Å². The molecule has 0 nitrogen and oxygen atoms in total. The van der Waals surface area contributed by atoms with Crippen molar-refractivity contribution in [2.75, 3.05) is 0 Å². The molecule has 0 bridgehead atoms. The summed E-state index contributed by atoms with van der Waals surface area (Å²) in [5.41, 5.74) is 0. The summed E-state index contributed by atoms with van der Waals surface area (Å²) >= 11 is 0. The molecular formula is H5Br2ClMg. The van der Waals surface area contributed by atoms with Gasteiger partial charge in [-0.3, -0.25) is 0 Å². The van der Waals surface area contributed by atoms with Crippen LogP contribution in [0.1, 0.15) is 0 Å². The Morgan fingerprint density at radius 2 is 0.750 bits per heavy atom. The monoisotopic (exact) mass is 222 g/mol. The Kier molecular flexibility index (Phi) is 185. The summed E-state index contributed by atoms with van der Waals surface area (Å²) in [6.07, 6.45) is 0. The van der Waals surface area contributed by atoms with Crippen molar-refractivity contribution >= 4 is 69.4 Å². The van der Waals surface area contributed by atoms with Gasteiger partial charge in [0.05, 0.1) is 0 Å². The van der Waals surface area contributed by atoms with E-state index in [1.807, 2.05) is 0 Å². The van der Waals surface area contributed by atoms with E-state index in [9.17, 15) is 0 Å². The fourth-order valence-corrected chi connectivity index (χ4v) is 0. The fourth-order valence-electron chi connectivity index (χ4n) is 0. The minimum absolute atomic E-state index is 0. The van der Waals surface area contributed by atoms with Gasteiger partial charge in [0, 0.05) is 0 Å². The Morgan fingerprint density at radius 3 is 0.750 bits per heavy atom. The second-order valence-electron chi connectivity index (χ2n) is 0. The summed E-state index contributed by atoms with van der Waals surface area (Å²) in [7, 11) is 0. The molecule has 0 rings (SSSR count). The highest BCUT2D eigenvalue weighted by Crippen LogP contribution is 0.847. The highest BCUT2D eigenvalue weighted by molar-refractivity contribution is 8.93. The minimum atomic E-state index is 0. The normalized spacial score (nSPS) is 0. The van der Waals surface area contributed by atoms with Crippen LogP contribution in [0.2, 0.25) is 0 Å². The van der Waals surface area contributed by atoms with Crippen molar-refractivity contribution in [2.45, 2.75) is 0 Å². The van der Waals surface area contributed by atoms with E-state index < -0.39 is 0 Å². The summed E-state index contributed by atoms with van der Waals surface area (Å²) in [6.45, 7) is 0.